The molecule has 3 aromatic rings. The van der Waals surface area contributed by atoms with Crippen molar-refractivity contribution in [1.29, 1.82) is 0 Å². The molecule has 0 fully saturated rings. The second-order valence-corrected chi connectivity index (χ2v) is 3.66. The lowest BCUT2D eigenvalue weighted by atomic mass is 10.5. The van der Waals surface area contributed by atoms with Gasteiger partial charge in [0.25, 0.3) is 0 Å². The van der Waals surface area contributed by atoms with Crippen LogP contribution in [0.5, 0.6) is 0 Å². The number of anilines is 1. The van der Waals surface area contributed by atoms with E-state index in [0.717, 1.165) is 0 Å². The molecule has 0 atom stereocenters. The molecule has 16 heavy (non-hydrogen) atoms. The number of fused-ring (bicyclic) bond motifs is 1. The average molecular weight is 281 g/mol. The van der Waals surface area contributed by atoms with Crippen molar-refractivity contribution in [1.82, 2.24) is 34.7 Å². The van der Waals surface area contributed by atoms with Crippen LogP contribution in [0, 0.1) is 0 Å². The third-order valence-corrected chi connectivity index (χ3v) is 2.50. The van der Waals surface area contributed by atoms with Gasteiger partial charge < -0.3 is 10.7 Å². The monoisotopic (exact) mass is 280 g/mol. The quantitative estimate of drug-likeness (QED) is 0.662. The minimum absolute atomic E-state index is 0.165. The van der Waals surface area contributed by atoms with Gasteiger partial charge in [0, 0.05) is 0 Å². The van der Waals surface area contributed by atoms with E-state index < -0.39 is 0 Å². The minimum Gasteiger partial charge on any atom is -0.366 e. The summed E-state index contributed by atoms with van der Waals surface area (Å²) in [6.45, 7) is 0. The fourth-order valence-corrected chi connectivity index (χ4v) is 1.78. The van der Waals surface area contributed by atoms with E-state index >= 15 is 0 Å². The number of rotatable bonds is 1. The first-order valence-electron chi connectivity index (χ1n) is 4.28. The van der Waals surface area contributed by atoms with Gasteiger partial charge in [-0.3, -0.25) is 0 Å². The standard InChI is InChI=1S/C7H5BrN8/c8-6-14-7(9)15-16(6)5-3-4(11-1-10-3)12-2-13-5/h1-2H,(H2,9,15)(H,10,11,12,13). The molecule has 3 aromatic heterocycles. The molecule has 0 saturated heterocycles. The third-order valence-electron chi connectivity index (χ3n) is 1.99. The molecule has 0 spiro atoms. The zero-order chi connectivity index (χ0) is 11.1. The summed E-state index contributed by atoms with van der Waals surface area (Å²) in [7, 11) is 0. The molecule has 8 nitrogen and oxygen atoms in total. The lowest BCUT2D eigenvalue weighted by molar-refractivity contribution is 0.829. The Bertz CT molecular complexity index is 655. The molecule has 0 amide bonds. The maximum absolute atomic E-state index is 5.49. The largest absolute Gasteiger partial charge is 0.366 e. The van der Waals surface area contributed by atoms with E-state index in [1.165, 1.54) is 17.3 Å². The van der Waals surface area contributed by atoms with Gasteiger partial charge in [0.05, 0.1) is 6.33 Å². The van der Waals surface area contributed by atoms with Crippen LogP contribution in [0.1, 0.15) is 0 Å². The van der Waals surface area contributed by atoms with E-state index in [1.54, 1.807) is 0 Å². The summed E-state index contributed by atoms with van der Waals surface area (Å²) in [5.41, 5.74) is 6.73. The molecule has 0 aliphatic heterocycles. The Morgan fingerprint density at radius 1 is 1.31 bits per heavy atom. The first kappa shape index (κ1) is 9.21. The lowest BCUT2D eigenvalue weighted by Crippen LogP contribution is -2.02. The van der Waals surface area contributed by atoms with Crippen LogP contribution in [0.4, 0.5) is 5.95 Å². The van der Waals surface area contributed by atoms with Crippen LogP contribution in [0.15, 0.2) is 17.4 Å². The van der Waals surface area contributed by atoms with Crippen molar-refractivity contribution < 1.29 is 0 Å². The smallest absolute Gasteiger partial charge is 0.240 e. The molecule has 0 aliphatic rings. The Balaban J connectivity index is 2.33. The van der Waals surface area contributed by atoms with Crippen LogP contribution in [0.25, 0.3) is 17.0 Å². The van der Waals surface area contributed by atoms with Gasteiger partial charge >= 0.3 is 0 Å². The second kappa shape index (κ2) is 3.23. The highest BCUT2D eigenvalue weighted by molar-refractivity contribution is 9.10. The third kappa shape index (κ3) is 1.25. The summed E-state index contributed by atoms with van der Waals surface area (Å²) in [6, 6.07) is 0. The maximum atomic E-state index is 5.49. The van der Waals surface area contributed by atoms with Crippen molar-refractivity contribution in [2.24, 2.45) is 0 Å². The van der Waals surface area contributed by atoms with Crippen LogP contribution in [0.3, 0.4) is 0 Å². The zero-order valence-corrected chi connectivity index (χ0v) is 9.38. The number of nitrogens with one attached hydrogen (secondary N) is 1. The van der Waals surface area contributed by atoms with Crippen molar-refractivity contribution in [3.8, 4) is 5.82 Å². The van der Waals surface area contributed by atoms with Crippen LogP contribution < -0.4 is 5.73 Å². The Labute approximate surface area is 97.1 Å². The van der Waals surface area contributed by atoms with E-state index in [4.69, 9.17) is 5.73 Å². The van der Waals surface area contributed by atoms with Gasteiger partial charge in [-0.1, -0.05) is 0 Å². The van der Waals surface area contributed by atoms with Crippen LogP contribution >= 0.6 is 15.9 Å². The number of imidazole rings is 1. The van der Waals surface area contributed by atoms with E-state index in [1.807, 2.05) is 0 Å². The molecular weight excluding hydrogens is 276 g/mol. The molecule has 9 heteroatoms. The van der Waals surface area contributed by atoms with Crippen molar-refractivity contribution in [2.75, 3.05) is 5.73 Å². The molecule has 0 aliphatic carbocycles. The highest BCUT2D eigenvalue weighted by Crippen LogP contribution is 2.18. The molecule has 3 N–H and O–H groups in total. The van der Waals surface area contributed by atoms with Crippen LogP contribution in [0.2, 0.25) is 0 Å². The summed E-state index contributed by atoms with van der Waals surface area (Å²) in [4.78, 5) is 19.0. The maximum Gasteiger partial charge on any atom is 0.240 e. The van der Waals surface area contributed by atoms with E-state index in [0.29, 0.717) is 21.7 Å². The zero-order valence-electron chi connectivity index (χ0n) is 7.79. The van der Waals surface area contributed by atoms with Crippen molar-refractivity contribution >= 4 is 33.0 Å². The van der Waals surface area contributed by atoms with E-state index in [2.05, 4.69) is 45.9 Å². The van der Waals surface area contributed by atoms with Gasteiger partial charge in [0.15, 0.2) is 11.5 Å². The van der Waals surface area contributed by atoms with Gasteiger partial charge in [-0.15, -0.1) is 5.10 Å². The predicted molar refractivity (Wildman–Crippen MR) is 58.7 cm³/mol. The molecule has 0 unspecified atom stereocenters. The van der Waals surface area contributed by atoms with Crippen molar-refractivity contribution in [3.63, 3.8) is 0 Å². The molecule has 80 valence electrons. The number of nitrogens with zero attached hydrogens (tertiary/aromatic N) is 6. The van der Waals surface area contributed by atoms with Gasteiger partial charge in [-0.2, -0.15) is 9.67 Å². The number of hydrogen-bond acceptors (Lipinski definition) is 6. The number of aromatic amines is 1. The van der Waals surface area contributed by atoms with E-state index in [9.17, 15) is 0 Å². The Morgan fingerprint density at radius 3 is 2.94 bits per heavy atom. The number of H-pyrrole nitrogens is 1. The summed E-state index contributed by atoms with van der Waals surface area (Å²) in [6.07, 6.45) is 2.94. The molecule has 3 rings (SSSR count). The topological polar surface area (TPSA) is 111 Å². The summed E-state index contributed by atoms with van der Waals surface area (Å²) >= 11 is 3.24. The lowest BCUT2D eigenvalue weighted by Gasteiger charge is -2.00. The average Bonchev–Trinajstić information content (AvgIpc) is 2.84. The van der Waals surface area contributed by atoms with Crippen LogP contribution in [-0.2, 0) is 0 Å². The van der Waals surface area contributed by atoms with Crippen molar-refractivity contribution in [3.05, 3.63) is 17.4 Å². The van der Waals surface area contributed by atoms with Gasteiger partial charge in [0.2, 0.25) is 10.7 Å². The fraction of sp³-hybridized carbons (Fsp3) is 0. The fourth-order valence-electron chi connectivity index (χ4n) is 1.36. The SMILES string of the molecule is Nc1nc(Br)n(-c2ncnc3nc[nH]c23)n1. The number of nitrogen functional groups attached to an aromatic ring is 1. The highest BCUT2D eigenvalue weighted by Gasteiger charge is 2.13. The van der Waals surface area contributed by atoms with Crippen LogP contribution in [-0.4, -0.2) is 34.7 Å². The Kier molecular flexibility index (Phi) is 1.86. The van der Waals surface area contributed by atoms with Crippen molar-refractivity contribution in [2.45, 2.75) is 0 Å². The number of hydrogen-bond donors (Lipinski definition) is 2. The van der Waals surface area contributed by atoms with Gasteiger partial charge in [0.1, 0.15) is 11.8 Å². The minimum atomic E-state index is 0.165. The Morgan fingerprint density at radius 2 is 2.19 bits per heavy atom. The highest BCUT2D eigenvalue weighted by atomic mass is 79.9. The normalized spacial score (nSPS) is 11.1. The van der Waals surface area contributed by atoms with Gasteiger partial charge in [-0.25, -0.2) is 15.0 Å². The molecule has 0 saturated carbocycles. The summed E-state index contributed by atoms with van der Waals surface area (Å²) < 4.78 is 1.94. The first-order chi connectivity index (χ1) is 7.75. The summed E-state index contributed by atoms with van der Waals surface area (Å²) in [5, 5.41) is 4.01. The first-order valence-corrected chi connectivity index (χ1v) is 5.07. The second-order valence-electron chi connectivity index (χ2n) is 2.95. The Hall–Kier alpha value is -2.03. The van der Waals surface area contributed by atoms with E-state index in [-0.39, 0.29) is 5.95 Å². The molecule has 0 radical (unpaired) electrons. The molecule has 3 heterocycles. The molecule has 0 bridgehead atoms. The van der Waals surface area contributed by atoms with Gasteiger partial charge in [-0.05, 0) is 15.9 Å². The molecule has 0 aromatic carbocycles. The summed E-state index contributed by atoms with van der Waals surface area (Å²) in [5.74, 6) is 0.705. The molecular formula is C7H5BrN8. The number of halogens is 1. The number of aromatic nitrogens is 7. The predicted octanol–water partition coefficient (Wildman–Crippen LogP) is 0.278. The number of nitrogens with two attached hydrogens (primary N) is 1.